The largest absolute Gasteiger partial charge is 0.472 e. The summed E-state index contributed by atoms with van der Waals surface area (Å²) in [6.07, 6.45) is 3.62. The Kier molecular flexibility index (Phi) is 9.41. The number of fused-ring (bicyclic) bond motifs is 1. The van der Waals surface area contributed by atoms with Crippen LogP contribution < -0.4 is 20.1 Å². The predicted octanol–water partition coefficient (Wildman–Crippen LogP) is 3.22. The first-order valence-electron chi connectivity index (χ1n) is 16.5. The number of pyridine rings is 1. The second kappa shape index (κ2) is 12.8. The molecule has 2 aliphatic carbocycles. The molecule has 260 valence electrons. The van der Waals surface area contributed by atoms with Crippen LogP contribution in [0.4, 0.5) is 0 Å². The van der Waals surface area contributed by atoms with Gasteiger partial charge in [-0.1, -0.05) is 45.0 Å². The number of hydrogen-bond acceptors (Lipinski definition) is 8. The first-order valence-corrected chi connectivity index (χ1v) is 18.0. The fourth-order valence-electron chi connectivity index (χ4n) is 6.36. The quantitative estimate of drug-likeness (QED) is 0.305. The van der Waals surface area contributed by atoms with Gasteiger partial charge in [-0.05, 0) is 63.0 Å². The van der Waals surface area contributed by atoms with E-state index < -0.39 is 73.5 Å². The van der Waals surface area contributed by atoms with Crippen LogP contribution >= 0.6 is 0 Å². The Morgan fingerprint density at radius 2 is 1.79 bits per heavy atom. The lowest BCUT2D eigenvalue weighted by Crippen LogP contribution is -2.57. The van der Waals surface area contributed by atoms with E-state index in [2.05, 4.69) is 26.9 Å². The summed E-state index contributed by atoms with van der Waals surface area (Å²) in [4.78, 5) is 61.0. The van der Waals surface area contributed by atoms with E-state index in [9.17, 15) is 27.6 Å². The third kappa shape index (κ3) is 7.66. The van der Waals surface area contributed by atoms with E-state index in [0.717, 1.165) is 10.8 Å². The third-order valence-electron chi connectivity index (χ3n) is 9.26. The Morgan fingerprint density at radius 1 is 1.10 bits per heavy atom. The highest BCUT2D eigenvalue weighted by Gasteiger charge is 2.62. The van der Waals surface area contributed by atoms with E-state index in [0.29, 0.717) is 18.7 Å². The molecule has 1 saturated heterocycles. The lowest BCUT2D eigenvalue weighted by Gasteiger charge is -2.35. The Bertz CT molecular complexity index is 1720. The van der Waals surface area contributed by atoms with E-state index in [4.69, 9.17) is 4.74 Å². The summed E-state index contributed by atoms with van der Waals surface area (Å²) in [5.74, 6) is -3.03. The lowest BCUT2D eigenvalue weighted by atomic mass is 9.77. The molecule has 3 fully saturated rings. The highest BCUT2D eigenvalue weighted by atomic mass is 32.2. The van der Waals surface area contributed by atoms with E-state index in [1.807, 2.05) is 71.9 Å². The van der Waals surface area contributed by atoms with E-state index >= 15 is 0 Å². The van der Waals surface area contributed by atoms with Crippen molar-refractivity contribution in [1.29, 1.82) is 0 Å². The number of likely N-dealkylation sites (tertiary alicyclic amines) is 1. The smallest absolute Gasteiger partial charge is 0.259 e. The molecule has 13 heteroatoms. The SMILES string of the molecule is C=CC1CC1(NC(=O)C1CC(Oc2nccc3ccccc23)CN1C(=O)C(CC(=O)NC(C)(C)C)C(C)(C)C)C(=O)NS(=O)(=O)C1CC1. The number of carbonyl (C=O) groups is 4. The van der Waals surface area contributed by atoms with Crippen molar-refractivity contribution in [1.82, 2.24) is 25.2 Å². The standard InChI is InChI=1S/C35H47N5O7S/c1-8-22-19-35(22,32(44)39-48(45,46)24-13-14-24)38-29(42)27-17-23(47-30-25-12-10-9-11-21(25)15-16-36-30)20-40(27)31(43)26(33(2,3)4)18-28(41)37-34(5,6)7/h8-12,15-16,22-24,26-27H,1,13-14,17-20H2,2-7H3,(H,37,41)(H,38,42)(H,39,44). The Hall–Kier alpha value is -4.00. The molecule has 1 aromatic heterocycles. The molecule has 3 N–H and O–H groups in total. The predicted molar refractivity (Wildman–Crippen MR) is 181 cm³/mol. The molecular formula is C35H47N5O7S. The number of sulfonamides is 1. The average Bonchev–Trinajstić information content (AvgIpc) is 3.91. The molecule has 48 heavy (non-hydrogen) atoms. The van der Waals surface area contributed by atoms with Gasteiger partial charge in [0, 0.05) is 35.9 Å². The van der Waals surface area contributed by atoms with Gasteiger partial charge in [0.25, 0.3) is 5.91 Å². The molecule has 12 nitrogen and oxygen atoms in total. The lowest BCUT2D eigenvalue weighted by molar-refractivity contribution is -0.147. The van der Waals surface area contributed by atoms with Crippen molar-refractivity contribution < 1.29 is 32.3 Å². The molecule has 2 saturated carbocycles. The number of rotatable bonds is 11. The molecule has 5 unspecified atom stereocenters. The second-order valence-corrected chi connectivity index (χ2v) is 17.4. The van der Waals surface area contributed by atoms with Crippen LogP contribution in [0.3, 0.4) is 0 Å². The number of nitrogens with one attached hydrogen (secondary N) is 3. The third-order valence-corrected chi connectivity index (χ3v) is 11.1. The van der Waals surface area contributed by atoms with Gasteiger partial charge in [0.05, 0.1) is 17.7 Å². The van der Waals surface area contributed by atoms with Crippen molar-refractivity contribution in [3.8, 4) is 5.88 Å². The van der Waals surface area contributed by atoms with E-state index in [-0.39, 0.29) is 31.7 Å². The van der Waals surface area contributed by atoms with Crippen molar-refractivity contribution in [2.24, 2.45) is 17.3 Å². The molecule has 2 heterocycles. The number of amides is 4. The van der Waals surface area contributed by atoms with Crippen LogP contribution in [-0.2, 0) is 29.2 Å². The van der Waals surface area contributed by atoms with Crippen molar-refractivity contribution >= 4 is 44.4 Å². The molecule has 2 aromatic rings. The number of nitrogens with zero attached hydrogens (tertiary/aromatic N) is 2. The Balaban J connectivity index is 1.43. The van der Waals surface area contributed by atoms with Gasteiger partial charge in [-0.25, -0.2) is 13.4 Å². The molecule has 4 amide bonds. The Labute approximate surface area is 282 Å². The number of hydrogen-bond donors (Lipinski definition) is 3. The number of carbonyl (C=O) groups excluding carboxylic acids is 4. The summed E-state index contributed by atoms with van der Waals surface area (Å²) in [6.45, 7) is 15.0. The zero-order valence-corrected chi connectivity index (χ0v) is 29.4. The van der Waals surface area contributed by atoms with Gasteiger partial charge in [0.15, 0.2) is 0 Å². The van der Waals surface area contributed by atoms with Gasteiger partial charge >= 0.3 is 0 Å². The van der Waals surface area contributed by atoms with Crippen LogP contribution in [0.1, 0.15) is 73.6 Å². The zero-order valence-electron chi connectivity index (χ0n) is 28.5. The minimum Gasteiger partial charge on any atom is -0.472 e. The van der Waals surface area contributed by atoms with Crippen LogP contribution in [0.25, 0.3) is 10.8 Å². The number of benzene rings is 1. The van der Waals surface area contributed by atoms with Crippen LogP contribution in [0, 0.1) is 17.3 Å². The fourth-order valence-corrected chi connectivity index (χ4v) is 7.72. The zero-order chi connectivity index (χ0) is 35.2. The van der Waals surface area contributed by atoms with Crippen LogP contribution in [0.2, 0.25) is 0 Å². The topological polar surface area (TPSA) is 164 Å². The van der Waals surface area contributed by atoms with Gasteiger partial charge in [0.1, 0.15) is 17.7 Å². The molecule has 3 aliphatic rings. The highest BCUT2D eigenvalue weighted by Crippen LogP contribution is 2.46. The summed E-state index contributed by atoms with van der Waals surface area (Å²) in [5, 5.41) is 6.81. The maximum atomic E-state index is 14.4. The number of aromatic nitrogens is 1. The maximum Gasteiger partial charge on any atom is 0.259 e. The molecule has 1 aliphatic heterocycles. The van der Waals surface area contributed by atoms with Crippen molar-refractivity contribution in [2.75, 3.05) is 6.54 Å². The summed E-state index contributed by atoms with van der Waals surface area (Å²) in [6, 6.07) is 8.38. The normalized spacial score (nSPS) is 24.8. The summed E-state index contributed by atoms with van der Waals surface area (Å²) in [7, 11) is -3.87. The van der Waals surface area contributed by atoms with Crippen molar-refractivity contribution in [3.63, 3.8) is 0 Å². The summed E-state index contributed by atoms with van der Waals surface area (Å²) >= 11 is 0. The summed E-state index contributed by atoms with van der Waals surface area (Å²) in [5.41, 5.74) is -2.66. The maximum absolute atomic E-state index is 14.4. The van der Waals surface area contributed by atoms with Gasteiger partial charge in [-0.2, -0.15) is 0 Å². The van der Waals surface area contributed by atoms with Gasteiger partial charge in [-0.15, -0.1) is 6.58 Å². The second-order valence-electron chi connectivity index (χ2n) is 15.4. The van der Waals surface area contributed by atoms with Crippen molar-refractivity contribution in [3.05, 3.63) is 49.2 Å². The molecule has 5 atom stereocenters. The van der Waals surface area contributed by atoms with Gasteiger partial charge in [0.2, 0.25) is 33.6 Å². The molecule has 0 radical (unpaired) electrons. The first kappa shape index (κ1) is 35.3. The van der Waals surface area contributed by atoms with E-state index in [1.54, 1.807) is 6.20 Å². The summed E-state index contributed by atoms with van der Waals surface area (Å²) < 4.78 is 33.8. The Morgan fingerprint density at radius 3 is 2.40 bits per heavy atom. The first-order chi connectivity index (χ1) is 22.3. The highest BCUT2D eigenvalue weighted by molar-refractivity contribution is 7.91. The van der Waals surface area contributed by atoms with Crippen molar-refractivity contribution in [2.45, 2.75) is 102 Å². The molecule has 0 bridgehead atoms. The molecule has 1 aromatic carbocycles. The van der Waals surface area contributed by atoms with Crippen LogP contribution in [0.5, 0.6) is 5.88 Å². The average molecular weight is 682 g/mol. The molecule has 5 rings (SSSR count). The van der Waals surface area contributed by atoms with Gasteiger partial charge in [-0.3, -0.25) is 23.9 Å². The van der Waals surface area contributed by atoms with E-state index in [1.165, 1.54) is 11.0 Å². The molecular weight excluding hydrogens is 634 g/mol. The monoisotopic (exact) mass is 681 g/mol. The minimum atomic E-state index is -3.87. The minimum absolute atomic E-state index is 0.0371. The number of ether oxygens (including phenoxy) is 1. The van der Waals surface area contributed by atoms with Crippen LogP contribution in [0.15, 0.2) is 49.2 Å². The van der Waals surface area contributed by atoms with Crippen LogP contribution in [-0.4, -0.2) is 76.9 Å². The molecule has 0 spiro atoms. The van der Waals surface area contributed by atoms with Gasteiger partial charge < -0.3 is 20.3 Å². The fraction of sp³-hybridized carbons (Fsp3) is 0.571.